The van der Waals surface area contributed by atoms with E-state index in [1.807, 2.05) is 0 Å². The summed E-state index contributed by atoms with van der Waals surface area (Å²) < 4.78 is 24.1. The van der Waals surface area contributed by atoms with Crippen molar-refractivity contribution in [2.75, 3.05) is 0 Å². The predicted octanol–water partition coefficient (Wildman–Crippen LogP) is -0.568. The molecule has 0 aromatic carbocycles. The molecule has 0 saturated heterocycles. The van der Waals surface area contributed by atoms with Crippen LogP contribution < -0.4 is 0 Å². The van der Waals surface area contributed by atoms with Gasteiger partial charge in [-0.05, 0) is 0 Å². The third kappa shape index (κ3) is 16000. The van der Waals surface area contributed by atoms with Crippen molar-refractivity contribution in [1.29, 1.82) is 5.26 Å². The molecule has 0 bridgehead atoms. The molecular formula is CHFeNO3S. The summed E-state index contributed by atoms with van der Waals surface area (Å²) in [6, 6.07) is 0. The first-order valence-electron chi connectivity index (χ1n) is 0.740. The smallest absolute Gasteiger partial charge is 0.750 e. The standard InChI is InChI=1S/CN.Fe.H2O3S/c1-2;;1-4(2)3/h;;(H2,1,2,3)/q-1;+2;/p-1. The molecule has 0 aliphatic heterocycles. The molecular weight excluding hydrogens is 162 g/mol. The maximum Gasteiger partial charge on any atom is 2.00 e. The number of hydrogen-bond donors (Lipinski definition) is 1. The van der Waals surface area contributed by atoms with Crippen molar-refractivity contribution in [2.24, 2.45) is 0 Å². The first kappa shape index (κ1) is 15.7. The van der Waals surface area contributed by atoms with Gasteiger partial charge in [-0.25, -0.2) is 4.21 Å². The summed E-state index contributed by atoms with van der Waals surface area (Å²) >= 11 is -2.86. The zero-order chi connectivity index (χ0) is 5.58. The van der Waals surface area contributed by atoms with Crippen LogP contribution in [0.4, 0.5) is 0 Å². The van der Waals surface area contributed by atoms with E-state index in [-0.39, 0.29) is 17.1 Å². The van der Waals surface area contributed by atoms with Crippen molar-refractivity contribution in [3.63, 3.8) is 0 Å². The van der Waals surface area contributed by atoms with Crippen LogP contribution in [0.15, 0.2) is 0 Å². The Hall–Kier alpha value is 0.0795. The fourth-order valence-electron chi connectivity index (χ4n) is 0. The zero-order valence-corrected chi connectivity index (χ0v) is 4.89. The second-order valence-corrected chi connectivity index (χ2v) is 0.651. The van der Waals surface area contributed by atoms with Gasteiger partial charge in [0.15, 0.2) is 0 Å². The van der Waals surface area contributed by atoms with E-state index in [4.69, 9.17) is 25.1 Å². The van der Waals surface area contributed by atoms with E-state index in [1.54, 1.807) is 0 Å². The average Bonchev–Trinajstić information content (AvgIpc) is 1.41. The van der Waals surface area contributed by atoms with E-state index in [9.17, 15) is 0 Å². The maximum atomic E-state index is 8.56. The Morgan fingerprint density at radius 3 is 1.71 bits per heavy atom. The predicted molar refractivity (Wildman–Crippen MR) is 16.5 cm³/mol. The molecule has 0 radical (unpaired) electrons. The van der Waals surface area contributed by atoms with Gasteiger partial charge in [-0.1, -0.05) is 0 Å². The Labute approximate surface area is 54.1 Å². The second kappa shape index (κ2) is 16.5. The summed E-state index contributed by atoms with van der Waals surface area (Å²) in [4.78, 5) is 0. The molecule has 0 aliphatic rings. The van der Waals surface area contributed by atoms with Gasteiger partial charge in [-0.15, -0.1) is 0 Å². The van der Waals surface area contributed by atoms with Crippen molar-refractivity contribution in [3.05, 3.63) is 6.57 Å². The Kier molecular flexibility index (Phi) is 37.2. The van der Waals surface area contributed by atoms with Crippen molar-refractivity contribution in [1.82, 2.24) is 0 Å². The SMILES string of the molecule is O=S([O-])O.[C-]#N.[Fe+2]. The molecule has 0 amide bonds. The van der Waals surface area contributed by atoms with E-state index in [2.05, 4.69) is 0 Å². The molecule has 6 heteroatoms. The van der Waals surface area contributed by atoms with Gasteiger partial charge in [0.1, 0.15) is 0 Å². The minimum atomic E-state index is -2.86. The molecule has 42 valence electrons. The Morgan fingerprint density at radius 2 is 1.71 bits per heavy atom. The molecule has 1 atom stereocenters. The van der Waals surface area contributed by atoms with Crippen LogP contribution in [0, 0.1) is 11.8 Å². The van der Waals surface area contributed by atoms with Crippen LogP contribution >= 0.6 is 0 Å². The Balaban J connectivity index is -0.0000000480. The number of rotatable bonds is 0. The molecule has 1 N–H and O–H groups in total. The van der Waals surface area contributed by atoms with E-state index in [0.717, 1.165) is 0 Å². The van der Waals surface area contributed by atoms with E-state index in [1.165, 1.54) is 0 Å². The van der Waals surface area contributed by atoms with Gasteiger partial charge in [-0.2, -0.15) is 0 Å². The summed E-state index contributed by atoms with van der Waals surface area (Å²) in [6.07, 6.45) is 0. The molecule has 0 fully saturated rings. The molecule has 1 unspecified atom stereocenters. The quantitative estimate of drug-likeness (QED) is 0.294. The molecule has 0 aromatic rings. The van der Waals surface area contributed by atoms with Gasteiger partial charge in [0.05, 0.1) is 11.4 Å². The fraction of sp³-hybridized carbons (Fsp3) is 0. The zero-order valence-electron chi connectivity index (χ0n) is 2.97. The van der Waals surface area contributed by atoms with Crippen LogP contribution in [0.3, 0.4) is 0 Å². The summed E-state index contributed by atoms with van der Waals surface area (Å²) in [7, 11) is 0. The summed E-state index contributed by atoms with van der Waals surface area (Å²) in [6.45, 7) is 4.75. The Bertz CT molecular complexity index is 59.2. The summed E-state index contributed by atoms with van der Waals surface area (Å²) in [5.41, 5.74) is 0. The van der Waals surface area contributed by atoms with Gasteiger partial charge in [0, 0.05) is 0 Å². The van der Waals surface area contributed by atoms with Crippen molar-refractivity contribution in [2.45, 2.75) is 0 Å². The van der Waals surface area contributed by atoms with Gasteiger partial charge >= 0.3 is 17.1 Å². The van der Waals surface area contributed by atoms with Crippen LogP contribution in [0.25, 0.3) is 0 Å². The second-order valence-electron chi connectivity index (χ2n) is 0.217. The number of nitrogens with zero attached hydrogens (tertiary/aromatic N) is 1. The maximum absolute atomic E-state index is 8.56. The minimum Gasteiger partial charge on any atom is -0.750 e. The normalized spacial score (nSPS) is 9.14. The molecule has 7 heavy (non-hydrogen) atoms. The largest absolute Gasteiger partial charge is 2.00 e. The molecule has 4 nitrogen and oxygen atoms in total. The first-order valence-corrected chi connectivity index (χ1v) is 1.77. The monoisotopic (exact) mass is 163 g/mol. The molecule has 0 aromatic heterocycles. The topological polar surface area (TPSA) is 84.2 Å². The van der Waals surface area contributed by atoms with Crippen LogP contribution in [-0.4, -0.2) is 13.3 Å². The molecule has 0 heterocycles. The van der Waals surface area contributed by atoms with Crippen LogP contribution in [0.1, 0.15) is 0 Å². The Morgan fingerprint density at radius 1 is 1.71 bits per heavy atom. The molecule has 0 aliphatic carbocycles. The van der Waals surface area contributed by atoms with Crippen LogP contribution in [-0.2, 0) is 28.4 Å². The van der Waals surface area contributed by atoms with E-state index in [0.29, 0.717) is 0 Å². The number of hydrogen-bond acceptors (Lipinski definition) is 3. The first-order chi connectivity index (χ1) is 2.73. The fourth-order valence-corrected chi connectivity index (χ4v) is 0. The average molecular weight is 163 g/mol. The molecule has 0 spiro atoms. The van der Waals surface area contributed by atoms with E-state index >= 15 is 0 Å². The third-order valence-corrected chi connectivity index (χ3v) is 0. The minimum absolute atomic E-state index is 0. The summed E-state index contributed by atoms with van der Waals surface area (Å²) in [5, 5.41) is 6.25. The third-order valence-electron chi connectivity index (χ3n) is 0. The molecule has 0 rings (SSSR count). The van der Waals surface area contributed by atoms with Gasteiger partial charge in [0.2, 0.25) is 0 Å². The van der Waals surface area contributed by atoms with Crippen LogP contribution in [0.5, 0.6) is 0 Å². The van der Waals surface area contributed by atoms with E-state index < -0.39 is 11.4 Å². The molecule has 0 saturated carbocycles. The van der Waals surface area contributed by atoms with Crippen molar-refractivity contribution in [3.8, 4) is 0 Å². The van der Waals surface area contributed by atoms with Gasteiger partial charge < -0.3 is 20.9 Å². The summed E-state index contributed by atoms with van der Waals surface area (Å²) in [5.74, 6) is 0. The van der Waals surface area contributed by atoms with Gasteiger partial charge in [-0.3, -0.25) is 0 Å². The van der Waals surface area contributed by atoms with Crippen LogP contribution in [0.2, 0.25) is 0 Å². The van der Waals surface area contributed by atoms with Gasteiger partial charge in [0.25, 0.3) is 0 Å². The van der Waals surface area contributed by atoms with Crippen molar-refractivity contribution >= 4 is 11.4 Å². The van der Waals surface area contributed by atoms with Crippen molar-refractivity contribution < 1.29 is 30.4 Å².